The van der Waals surface area contributed by atoms with Crippen LogP contribution >= 0.6 is 11.3 Å². The minimum absolute atomic E-state index is 0.00897. The number of amides is 1. The van der Waals surface area contributed by atoms with Crippen LogP contribution in [0.15, 0.2) is 60.8 Å². The third kappa shape index (κ3) is 5.15. The zero-order chi connectivity index (χ0) is 33.0. The average molecular weight is 659 g/mol. The molecule has 0 radical (unpaired) electrons. The largest absolute Gasteiger partial charge is 0.490 e. The van der Waals surface area contributed by atoms with E-state index >= 15 is 4.39 Å². The minimum Gasteiger partial charge on any atom is -0.490 e. The molecule has 0 aliphatic carbocycles. The normalized spacial score (nSPS) is 14.6. The number of aromatic nitrogens is 5. The summed E-state index contributed by atoms with van der Waals surface area (Å²) in [7, 11) is 3.24. The maximum absolute atomic E-state index is 16.0. The molecule has 1 atom stereocenters. The standard InChI is InChI=1S/C34H29F3N6O3S/c1-5-28(44)42-7-8-43-25(18(42)2)15-24(40-43)33-29(30-22(36)13-20(35)14-27(30)46-10-9-45-4)21-6-11-47-34(21)31(39-33)19-12-26-32(38-16-19)23(37)17-41(26)3/h5-6,11-18H,1,7-10H2,2-4H3/t18-/m1/s1. The van der Waals surface area contributed by atoms with Crippen LogP contribution < -0.4 is 4.74 Å². The van der Waals surface area contributed by atoms with Gasteiger partial charge in [-0.1, -0.05) is 6.58 Å². The number of hydrogen-bond donors (Lipinski definition) is 0. The van der Waals surface area contributed by atoms with Crippen molar-refractivity contribution >= 4 is 38.4 Å². The predicted molar refractivity (Wildman–Crippen MR) is 174 cm³/mol. The van der Waals surface area contributed by atoms with Gasteiger partial charge in [0.15, 0.2) is 5.82 Å². The van der Waals surface area contributed by atoms with E-state index in [1.807, 2.05) is 35.2 Å². The second-order valence-corrected chi connectivity index (χ2v) is 12.1. The van der Waals surface area contributed by atoms with Crippen LogP contribution in [0.5, 0.6) is 5.75 Å². The lowest BCUT2D eigenvalue weighted by molar-refractivity contribution is -0.129. The summed E-state index contributed by atoms with van der Waals surface area (Å²) in [5.74, 6) is -2.26. The first-order valence-electron chi connectivity index (χ1n) is 14.8. The van der Waals surface area contributed by atoms with Gasteiger partial charge in [-0.05, 0) is 36.6 Å². The van der Waals surface area contributed by atoms with Gasteiger partial charge in [0.25, 0.3) is 0 Å². The Kier molecular flexibility index (Phi) is 7.80. The molecule has 1 amide bonds. The molecule has 0 bridgehead atoms. The quantitative estimate of drug-likeness (QED) is 0.131. The predicted octanol–water partition coefficient (Wildman–Crippen LogP) is 6.91. The van der Waals surface area contributed by atoms with Gasteiger partial charge in [0.05, 0.1) is 46.4 Å². The van der Waals surface area contributed by atoms with E-state index in [0.29, 0.717) is 56.9 Å². The van der Waals surface area contributed by atoms with Crippen molar-refractivity contribution in [2.45, 2.75) is 19.5 Å². The minimum atomic E-state index is -0.830. The van der Waals surface area contributed by atoms with Crippen LogP contribution in [0.3, 0.4) is 0 Å². The van der Waals surface area contributed by atoms with Crippen LogP contribution in [0.2, 0.25) is 0 Å². The second kappa shape index (κ2) is 12.0. The molecule has 47 heavy (non-hydrogen) atoms. The average Bonchev–Trinajstić information content (AvgIpc) is 3.78. The van der Waals surface area contributed by atoms with Gasteiger partial charge in [0, 0.05) is 61.7 Å². The molecule has 0 unspecified atom stereocenters. The SMILES string of the molecule is C=CC(=O)N1CCn2nc(-c3nc(-c4cnc5c(F)cn(C)c5c4)c4sccc4c3-c3c(F)cc(F)cc3OCCOC)cc2[C@H]1C. The zero-order valence-corrected chi connectivity index (χ0v) is 26.6. The fraction of sp³-hybridized carbons (Fsp3) is 0.235. The molecule has 240 valence electrons. The molecule has 0 N–H and O–H groups in total. The van der Waals surface area contributed by atoms with Crippen LogP contribution in [0, 0.1) is 17.5 Å². The van der Waals surface area contributed by atoms with Gasteiger partial charge in [0.1, 0.15) is 40.9 Å². The second-order valence-electron chi connectivity index (χ2n) is 11.2. The lowest BCUT2D eigenvalue weighted by atomic mass is 9.95. The Bertz CT molecular complexity index is 2210. The summed E-state index contributed by atoms with van der Waals surface area (Å²) in [5, 5.41) is 7.39. The summed E-state index contributed by atoms with van der Waals surface area (Å²) in [4.78, 5) is 23.8. The van der Waals surface area contributed by atoms with Crippen LogP contribution in [0.25, 0.3) is 54.9 Å². The van der Waals surface area contributed by atoms with Gasteiger partial charge < -0.3 is 18.9 Å². The molecule has 7 rings (SSSR count). The Hall–Kier alpha value is -5.01. The van der Waals surface area contributed by atoms with Crippen molar-refractivity contribution in [3.63, 3.8) is 0 Å². The van der Waals surface area contributed by atoms with Crippen LogP contribution in [-0.2, 0) is 23.1 Å². The van der Waals surface area contributed by atoms with E-state index in [1.54, 1.807) is 22.7 Å². The fourth-order valence-electron chi connectivity index (χ4n) is 6.18. The first-order valence-corrected chi connectivity index (χ1v) is 15.7. The Morgan fingerprint density at radius 2 is 1.94 bits per heavy atom. The van der Waals surface area contributed by atoms with Crippen LogP contribution in [0.4, 0.5) is 13.2 Å². The van der Waals surface area contributed by atoms with Crippen molar-refractivity contribution in [3.05, 3.63) is 83.9 Å². The molecule has 6 aromatic rings. The fourth-order valence-corrected chi connectivity index (χ4v) is 7.10. The Balaban J connectivity index is 1.51. The number of rotatable bonds is 8. The van der Waals surface area contributed by atoms with E-state index in [1.165, 1.54) is 30.7 Å². The topological polar surface area (TPSA) is 87.3 Å². The summed E-state index contributed by atoms with van der Waals surface area (Å²) in [5.41, 5.74) is 3.88. The Labute approximate surface area is 271 Å². The van der Waals surface area contributed by atoms with Crippen molar-refractivity contribution in [3.8, 4) is 39.5 Å². The molecule has 0 spiro atoms. The lowest BCUT2D eigenvalue weighted by Gasteiger charge is -2.33. The third-order valence-electron chi connectivity index (χ3n) is 8.44. The molecule has 13 heteroatoms. The first-order chi connectivity index (χ1) is 22.7. The van der Waals surface area contributed by atoms with E-state index in [4.69, 9.17) is 19.6 Å². The number of thiophene rings is 1. The van der Waals surface area contributed by atoms with E-state index in [0.717, 1.165) is 17.8 Å². The third-order valence-corrected chi connectivity index (χ3v) is 9.36. The zero-order valence-electron chi connectivity index (χ0n) is 25.8. The molecule has 1 aliphatic rings. The molecule has 1 aliphatic heterocycles. The first kappa shape index (κ1) is 30.6. The van der Waals surface area contributed by atoms with Crippen molar-refractivity contribution in [1.82, 2.24) is 29.2 Å². The number of nitrogens with zero attached hydrogens (tertiary/aromatic N) is 6. The number of ether oxygens (including phenoxy) is 2. The van der Waals surface area contributed by atoms with Crippen molar-refractivity contribution < 1.29 is 27.4 Å². The van der Waals surface area contributed by atoms with E-state index in [-0.39, 0.29) is 42.0 Å². The monoisotopic (exact) mass is 658 g/mol. The molecular formula is C34H29F3N6O3S. The Morgan fingerprint density at radius 3 is 2.72 bits per heavy atom. The molecule has 0 saturated carbocycles. The number of hydrogen-bond acceptors (Lipinski definition) is 7. The van der Waals surface area contributed by atoms with Crippen molar-refractivity contribution in [2.75, 3.05) is 26.9 Å². The molecule has 9 nitrogen and oxygen atoms in total. The molecule has 6 heterocycles. The maximum atomic E-state index is 16.0. The highest BCUT2D eigenvalue weighted by atomic mass is 32.1. The summed E-state index contributed by atoms with van der Waals surface area (Å²) in [6.45, 7) is 6.65. The van der Waals surface area contributed by atoms with Crippen molar-refractivity contribution in [2.24, 2.45) is 7.05 Å². The summed E-state index contributed by atoms with van der Waals surface area (Å²) >= 11 is 1.40. The van der Waals surface area contributed by atoms with Crippen molar-refractivity contribution in [1.29, 1.82) is 0 Å². The number of carbonyl (C=O) groups is 1. The summed E-state index contributed by atoms with van der Waals surface area (Å²) in [6.07, 6.45) is 4.21. The number of fused-ring (bicyclic) bond motifs is 3. The van der Waals surface area contributed by atoms with E-state index in [9.17, 15) is 13.6 Å². The Morgan fingerprint density at radius 1 is 1.11 bits per heavy atom. The molecule has 0 saturated heterocycles. The van der Waals surface area contributed by atoms with Gasteiger partial charge in [-0.25, -0.2) is 18.2 Å². The van der Waals surface area contributed by atoms with Gasteiger partial charge in [0.2, 0.25) is 5.91 Å². The number of carbonyl (C=O) groups excluding carboxylic acids is 1. The lowest BCUT2D eigenvalue weighted by Crippen LogP contribution is -2.40. The summed E-state index contributed by atoms with van der Waals surface area (Å²) in [6, 6.07) is 7.13. The highest BCUT2D eigenvalue weighted by Crippen LogP contribution is 2.47. The summed E-state index contributed by atoms with van der Waals surface area (Å²) < 4.78 is 60.4. The molecule has 5 aromatic heterocycles. The smallest absolute Gasteiger partial charge is 0.246 e. The van der Waals surface area contributed by atoms with E-state index < -0.39 is 17.5 Å². The molecule has 0 fully saturated rings. The maximum Gasteiger partial charge on any atom is 0.246 e. The van der Waals surface area contributed by atoms with Crippen LogP contribution in [-0.4, -0.2) is 62.0 Å². The molecular weight excluding hydrogens is 629 g/mol. The highest BCUT2D eigenvalue weighted by molar-refractivity contribution is 7.17. The number of pyridine rings is 2. The van der Waals surface area contributed by atoms with Gasteiger partial charge in [-0.15, -0.1) is 11.3 Å². The number of methoxy groups -OCH3 is 1. The van der Waals surface area contributed by atoms with Crippen LogP contribution in [0.1, 0.15) is 18.7 Å². The van der Waals surface area contributed by atoms with Gasteiger partial charge in [-0.2, -0.15) is 5.10 Å². The highest BCUT2D eigenvalue weighted by Gasteiger charge is 2.31. The number of aryl methyl sites for hydroxylation is 1. The van der Waals surface area contributed by atoms with E-state index in [2.05, 4.69) is 11.6 Å². The van der Waals surface area contributed by atoms with Gasteiger partial charge in [-0.3, -0.25) is 14.5 Å². The van der Waals surface area contributed by atoms with Gasteiger partial charge >= 0.3 is 0 Å². The number of halogens is 3. The molecule has 1 aromatic carbocycles. The number of benzene rings is 1.